The zero-order chi connectivity index (χ0) is 33.4. The summed E-state index contributed by atoms with van der Waals surface area (Å²) in [5, 5.41) is 51.7. The van der Waals surface area contributed by atoms with Crippen molar-refractivity contribution < 1.29 is 9.90 Å². The fourth-order valence-electron chi connectivity index (χ4n) is 15.1. The Kier molecular flexibility index (Phi) is 3.00. The van der Waals surface area contributed by atoms with Gasteiger partial charge in [-0.2, -0.15) is 0 Å². The summed E-state index contributed by atoms with van der Waals surface area (Å²) in [4.78, 5) is 12.1. The summed E-state index contributed by atoms with van der Waals surface area (Å²) in [5.74, 6) is -0.0776. The number of aliphatic carboxylic acids is 1. The van der Waals surface area contributed by atoms with Crippen LogP contribution in [0.25, 0.3) is 151 Å². The summed E-state index contributed by atoms with van der Waals surface area (Å²) in [6.45, 7) is 0. The molecule has 2 unspecified atom stereocenters. The summed E-state index contributed by atoms with van der Waals surface area (Å²) in [6.07, 6.45) is 1.77. The first-order valence-corrected chi connectivity index (χ1v) is 19.4. The number of fused-ring (bicyclic) bond motifs is 8. The second kappa shape index (κ2) is 6.61. The van der Waals surface area contributed by atoms with Crippen molar-refractivity contribution in [1.29, 1.82) is 0 Å². The molecule has 2 nitrogen and oxygen atoms in total. The minimum atomic E-state index is -0.695. The molecule has 2 aliphatic carbocycles. The number of hydrogen-bond donors (Lipinski definition) is 1. The van der Waals surface area contributed by atoms with Crippen LogP contribution >= 0.6 is 0 Å². The average molecular weight is 667 g/mol. The molecule has 53 heavy (non-hydrogen) atoms. The Hall–Kier alpha value is -6.25. The van der Waals surface area contributed by atoms with E-state index in [0.717, 1.165) is 6.42 Å². The molecule has 0 radical (unpaired) electrons. The standard InChI is InChI=1S/C51H22O2/c52-26(53)7-4-16-51(17-5-2-1-3-6-17)49-35-24-14-12-22-20-10-8-18-19-9-11-21-23-13-15-25-34-32(23)39-30(21)28(19)37-27(18)29(20)38-31(22)33(24)40-42(35)43(36(25)50(49)51)41(34)48-46(39)44(37)45(38)47(40)48/h1-3,5-6,8-15,49-50H,4,7,16H2,(H,52,53). The molecule has 0 heterocycles. The van der Waals surface area contributed by atoms with Gasteiger partial charge in [0.15, 0.2) is 0 Å². The van der Waals surface area contributed by atoms with Crippen LogP contribution in [0.3, 0.4) is 0 Å². The van der Waals surface area contributed by atoms with E-state index in [9.17, 15) is 9.90 Å². The lowest BCUT2D eigenvalue weighted by Crippen LogP contribution is -2.12. The molecule has 2 aliphatic rings. The molecule has 1 N–H and O–H groups in total. The summed E-state index contributed by atoms with van der Waals surface area (Å²) in [7, 11) is 0. The molecule has 16 aromatic carbocycles. The number of carboxylic acid groups (broad SMARTS) is 1. The second-order valence-corrected chi connectivity index (χ2v) is 17.6. The monoisotopic (exact) mass is 666 g/mol. The Morgan fingerprint density at radius 1 is 0.415 bits per heavy atom. The van der Waals surface area contributed by atoms with Crippen LogP contribution in [0.2, 0.25) is 0 Å². The maximum atomic E-state index is 12.1. The Labute approximate surface area is 297 Å². The van der Waals surface area contributed by atoms with Crippen LogP contribution in [0, 0.1) is 0 Å². The summed E-state index contributed by atoms with van der Waals surface area (Å²) >= 11 is 0. The van der Waals surface area contributed by atoms with Crippen LogP contribution in [0.15, 0.2) is 78.9 Å². The van der Waals surface area contributed by atoms with Gasteiger partial charge >= 0.3 is 5.97 Å². The average Bonchev–Trinajstić information content (AvgIpc) is 3.78. The van der Waals surface area contributed by atoms with E-state index in [2.05, 4.69) is 78.9 Å². The highest BCUT2D eigenvalue weighted by atomic mass is 16.4. The maximum Gasteiger partial charge on any atom is 0.303 e. The number of benzene rings is 10. The predicted molar refractivity (Wildman–Crippen MR) is 221 cm³/mol. The molecule has 16 aromatic rings. The first kappa shape index (κ1) is 24.1. The summed E-state index contributed by atoms with van der Waals surface area (Å²) in [5.41, 5.74) is 4.34. The predicted octanol–water partition coefficient (Wildman–Crippen LogP) is 13.5. The minimum absolute atomic E-state index is 0.153. The molecule has 0 amide bonds. The molecule has 0 aromatic heterocycles. The van der Waals surface area contributed by atoms with Gasteiger partial charge in [0, 0.05) is 23.7 Å². The fourth-order valence-corrected chi connectivity index (χ4v) is 15.1. The van der Waals surface area contributed by atoms with Crippen LogP contribution in [-0.4, -0.2) is 11.1 Å². The third-order valence-electron chi connectivity index (χ3n) is 16.3. The van der Waals surface area contributed by atoms with Gasteiger partial charge in [0.05, 0.1) is 0 Å². The van der Waals surface area contributed by atoms with Crippen molar-refractivity contribution in [1.82, 2.24) is 0 Å². The SMILES string of the molecule is O=C(O)CCCC1(c2ccccc2)C2c3c4ccc5c6ccc7c8ccc9c%10ccc%11c(c%12c3c3c4c5c4c6c7c5c8c9c6c%10c%11c%12c7c3c4c5c67)C21. The molecular formula is C51H22O2. The Morgan fingerprint density at radius 2 is 0.736 bits per heavy atom. The van der Waals surface area contributed by atoms with Crippen molar-refractivity contribution in [2.45, 2.75) is 36.5 Å². The summed E-state index contributed by atoms with van der Waals surface area (Å²) < 4.78 is 0. The van der Waals surface area contributed by atoms with E-state index >= 15 is 0 Å². The van der Waals surface area contributed by atoms with Gasteiger partial charge in [-0.15, -0.1) is 0 Å². The van der Waals surface area contributed by atoms with Gasteiger partial charge in [0.25, 0.3) is 0 Å². The van der Waals surface area contributed by atoms with Crippen molar-refractivity contribution in [2.75, 3.05) is 0 Å². The lowest BCUT2D eigenvalue weighted by molar-refractivity contribution is -0.137. The lowest BCUT2D eigenvalue weighted by atomic mass is 9.84. The van der Waals surface area contributed by atoms with Crippen LogP contribution < -0.4 is 0 Å². The molecule has 18 rings (SSSR count). The molecule has 0 spiro atoms. The van der Waals surface area contributed by atoms with E-state index in [1.165, 1.54) is 151 Å². The van der Waals surface area contributed by atoms with Crippen LogP contribution in [0.1, 0.15) is 47.8 Å². The molecular weight excluding hydrogens is 645 g/mol. The number of carboxylic acids is 1. The van der Waals surface area contributed by atoms with E-state index in [1.54, 1.807) is 16.5 Å². The topological polar surface area (TPSA) is 37.3 Å². The van der Waals surface area contributed by atoms with Gasteiger partial charge in [-0.1, -0.05) is 78.9 Å². The van der Waals surface area contributed by atoms with Gasteiger partial charge in [0.2, 0.25) is 0 Å². The molecule has 2 atom stereocenters. The molecule has 1 fully saturated rings. The molecule has 1 saturated carbocycles. The zero-order valence-electron chi connectivity index (χ0n) is 28.1. The van der Waals surface area contributed by atoms with Crippen molar-refractivity contribution >= 4 is 157 Å². The molecule has 2 heteroatoms. The second-order valence-electron chi connectivity index (χ2n) is 17.6. The van der Waals surface area contributed by atoms with Crippen LogP contribution in [0.4, 0.5) is 0 Å². The normalized spacial score (nSPS) is 21.3. The van der Waals surface area contributed by atoms with Gasteiger partial charge < -0.3 is 5.11 Å². The Morgan fingerprint density at radius 3 is 1.11 bits per heavy atom. The van der Waals surface area contributed by atoms with Crippen LogP contribution in [0.5, 0.6) is 0 Å². The van der Waals surface area contributed by atoms with Crippen molar-refractivity contribution in [3.8, 4) is 0 Å². The van der Waals surface area contributed by atoms with Gasteiger partial charge in [0.1, 0.15) is 0 Å². The molecule has 0 bridgehead atoms. The largest absolute Gasteiger partial charge is 0.481 e. The van der Waals surface area contributed by atoms with Crippen molar-refractivity contribution in [3.63, 3.8) is 0 Å². The number of hydrogen-bond acceptors (Lipinski definition) is 1. The smallest absolute Gasteiger partial charge is 0.303 e. The minimum Gasteiger partial charge on any atom is -0.481 e. The third kappa shape index (κ3) is 1.86. The fraction of sp³-hybridized carbons (Fsp3) is 0.118. The highest BCUT2D eigenvalue weighted by Gasteiger charge is 2.69. The van der Waals surface area contributed by atoms with Crippen LogP contribution in [-0.2, 0) is 10.2 Å². The van der Waals surface area contributed by atoms with E-state index in [0.29, 0.717) is 18.3 Å². The van der Waals surface area contributed by atoms with Gasteiger partial charge in [-0.05, 0) is 180 Å². The zero-order valence-corrected chi connectivity index (χ0v) is 28.1. The highest BCUT2D eigenvalue weighted by molar-refractivity contribution is 6.69. The quantitative estimate of drug-likeness (QED) is 0.186. The lowest BCUT2D eigenvalue weighted by Gasteiger charge is -2.19. The molecule has 0 aliphatic heterocycles. The van der Waals surface area contributed by atoms with E-state index < -0.39 is 5.97 Å². The third-order valence-corrected chi connectivity index (χ3v) is 16.3. The van der Waals surface area contributed by atoms with E-state index in [-0.39, 0.29) is 11.8 Å². The first-order chi connectivity index (χ1) is 26.2. The van der Waals surface area contributed by atoms with E-state index in [4.69, 9.17) is 0 Å². The maximum absolute atomic E-state index is 12.1. The summed E-state index contributed by atoms with van der Waals surface area (Å²) in [6, 6.07) is 31.0. The Bertz CT molecular complexity index is 4010. The number of carbonyl (C=O) groups is 1. The molecule has 238 valence electrons. The van der Waals surface area contributed by atoms with Gasteiger partial charge in [-0.3, -0.25) is 4.79 Å². The molecule has 0 saturated heterocycles. The van der Waals surface area contributed by atoms with Crippen molar-refractivity contribution in [3.05, 3.63) is 95.6 Å². The first-order valence-electron chi connectivity index (χ1n) is 19.4. The van der Waals surface area contributed by atoms with E-state index in [1.807, 2.05) is 0 Å². The van der Waals surface area contributed by atoms with Crippen molar-refractivity contribution in [2.24, 2.45) is 0 Å². The number of rotatable bonds is 5. The highest BCUT2D eigenvalue weighted by Crippen LogP contribution is 2.80. The Balaban J connectivity index is 1.22. The van der Waals surface area contributed by atoms with Gasteiger partial charge in [-0.25, -0.2) is 0 Å².